The lowest BCUT2D eigenvalue weighted by Gasteiger charge is -2.29. The summed E-state index contributed by atoms with van der Waals surface area (Å²) >= 11 is 0. The number of anilines is 1. The van der Waals surface area contributed by atoms with Crippen LogP contribution in [0.5, 0.6) is 0 Å². The molecule has 1 heterocycles. The Morgan fingerprint density at radius 1 is 1.33 bits per heavy atom. The molecule has 1 N–H and O–H groups in total. The van der Waals surface area contributed by atoms with E-state index in [2.05, 4.69) is 9.74 Å². The van der Waals surface area contributed by atoms with E-state index in [1.54, 1.807) is 12.1 Å². The van der Waals surface area contributed by atoms with Crippen LogP contribution >= 0.6 is 0 Å². The van der Waals surface area contributed by atoms with E-state index in [9.17, 15) is 18.0 Å². The van der Waals surface area contributed by atoms with E-state index in [0.717, 1.165) is 18.8 Å². The number of benzene rings is 1. The number of nitrogens with zero attached hydrogens (tertiary/aromatic N) is 1. The van der Waals surface area contributed by atoms with E-state index < -0.39 is 12.1 Å². The lowest BCUT2D eigenvalue weighted by Crippen LogP contribution is -2.36. The zero-order valence-electron chi connectivity index (χ0n) is 11.2. The van der Waals surface area contributed by atoms with Crippen LogP contribution in [0.25, 0.3) is 0 Å². The molecular weight excluding hydrogens is 289 g/mol. The third kappa shape index (κ3) is 4.61. The van der Waals surface area contributed by atoms with Gasteiger partial charge in [-0.3, -0.25) is 0 Å². The first kappa shape index (κ1) is 15.6. The number of hydrogen-bond acceptors (Lipinski definition) is 5. The summed E-state index contributed by atoms with van der Waals surface area (Å²) in [5.74, 6) is -2.26. The molecule has 0 amide bonds. The monoisotopic (exact) mass is 304 g/mol. The van der Waals surface area contributed by atoms with Gasteiger partial charge in [0.15, 0.2) is 0 Å². The van der Waals surface area contributed by atoms with Gasteiger partial charge in [-0.25, -0.2) is 4.79 Å². The van der Waals surface area contributed by atoms with Crippen LogP contribution in [-0.4, -0.2) is 38.4 Å². The molecule has 0 aliphatic carbocycles. The van der Waals surface area contributed by atoms with Gasteiger partial charge >= 0.3 is 12.1 Å². The first-order valence-corrected chi connectivity index (χ1v) is 6.39. The van der Waals surface area contributed by atoms with Crippen LogP contribution in [0.4, 0.5) is 18.9 Å². The van der Waals surface area contributed by atoms with E-state index in [-0.39, 0.29) is 6.54 Å². The maximum Gasteiger partial charge on any atom is 0.492 e. The fraction of sp³-hybridized carbons (Fsp3) is 0.462. The highest BCUT2D eigenvalue weighted by atomic mass is 19.4. The van der Waals surface area contributed by atoms with Crippen LogP contribution in [0.3, 0.4) is 0 Å². The van der Waals surface area contributed by atoms with Crippen molar-refractivity contribution in [1.82, 2.24) is 5.48 Å². The molecule has 1 aliphatic rings. The van der Waals surface area contributed by atoms with Gasteiger partial charge in [-0.1, -0.05) is 12.1 Å². The normalized spacial score (nSPS) is 15.9. The first-order chi connectivity index (χ1) is 9.97. The van der Waals surface area contributed by atoms with Crippen LogP contribution in [-0.2, 0) is 20.9 Å². The van der Waals surface area contributed by atoms with E-state index in [4.69, 9.17) is 4.74 Å². The summed E-state index contributed by atoms with van der Waals surface area (Å²) in [5, 5.41) is 0. The Bertz CT molecular complexity index is 488. The number of alkyl halides is 3. The molecule has 5 nitrogen and oxygen atoms in total. The number of carbonyl (C=O) groups excluding carboxylic acids is 1. The Balaban J connectivity index is 1.88. The highest BCUT2D eigenvalue weighted by molar-refractivity contribution is 5.75. The Morgan fingerprint density at radius 3 is 2.71 bits per heavy atom. The number of morpholine rings is 1. The minimum Gasteiger partial charge on any atom is -0.378 e. The van der Waals surface area contributed by atoms with Crippen LogP contribution in [0.2, 0.25) is 0 Å². The van der Waals surface area contributed by atoms with Crippen molar-refractivity contribution in [3.05, 3.63) is 29.8 Å². The molecule has 0 spiro atoms. The number of hydroxylamine groups is 1. The van der Waals surface area contributed by atoms with Crippen molar-refractivity contribution in [3.63, 3.8) is 0 Å². The SMILES string of the molecule is O=C(ONCc1cccc(N2CCOCC2)c1)C(F)(F)F. The molecule has 0 radical (unpaired) electrons. The molecule has 21 heavy (non-hydrogen) atoms. The van der Waals surface area contributed by atoms with Gasteiger partial charge in [0, 0.05) is 18.8 Å². The molecule has 8 heteroatoms. The highest BCUT2D eigenvalue weighted by Crippen LogP contribution is 2.18. The zero-order valence-corrected chi connectivity index (χ0v) is 11.2. The second kappa shape index (κ2) is 6.77. The Kier molecular flexibility index (Phi) is 5.03. The maximum absolute atomic E-state index is 11.9. The molecule has 1 fully saturated rings. The van der Waals surface area contributed by atoms with Crippen molar-refractivity contribution in [2.45, 2.75) is 12.7 Å². The van der Waals surface area contributed by atoms with Crippen LogP contribution in [0.1, 0.15) is 5.56 Å². The average molecular weight is 304 g/mol. The maximum atomic E-state index is 11.9. The van der Waals surface area contributed by atoms with Gasteiger partial charge in [0.2, 0.25) is 0 Å². The predicted octanol–water partition coefficient (Wildman–Crippen LogP) is 1.63. The summed E-state index contributed by atoms with van der Waals surface area (Å²) < 4.78 is 41.1. The van der Waals surface area contributed by atoms with Gasteiger partial charge in [-0.15, -0.1) is 5.48 Å². The molecule has 0 aromatic heterocycles. The van der Waals surface area contributed by atoms with Crippen molar-refractivity contribution < 1.29 is 27.5 Å². The molecule has 0 bridgehead atoms. The fourth-order valence-corrected chi connectivity index (χ4v) is 1.93. The third-order valence-electron chi connectivity index (χ3n) is 2.96. The number of ether oxygens (including phenoxy) is 1. The lowest BCUT2D eigenvalue weighted by molar-refractivity contribution is -0.207. The molecular formula is C13H15F3N2O3. The first-order valence-electron chi connectivity index (χ1n) is 6.39. The predicted molar refractivity (Wildman–Crippen MR) is 68.5 cm³/mol. The van der Waals surface area contributed by atoms with Crippen molar-refractivity contribution in [2.75, 3.05) is 31.2 Å². The Hall–Kier alpha value is -1.80. The second-order valence-electron chi connectivity index (χ2n) is 4.48. The highest BCUT2D eigenvalue weighted by Gasteiger charge is 2.41. The van der Waals surface area contributed by atoms with Crippen molar-refractivity contribution in [2.24, 2.45) is 0 Å². The van der Waals surface area contributed by atoms with Gasteiger partial charge < -0.3 is 14.5 Å². The summed E-state index contributed by atoms with van der Waals surface area (Å²) in [4.78, 5) is 16.6. The standard InChI is InChI=1S/C13H15F3N2O3/c14-13(15,16)12(19)21-17-9-10-2-1-3-11(8-10)18-4-6-20-7-5-18/h1-3,8,17H,4-7,9H2. The molecule has 116 valence electrons. The number of nitrogens with one attached hydrogen (secondary N) is 1. The quantitative estimate of drug-likeness (QED) is 0.857. The van der Waals surface area contributed by atoms with Gasteiger partial charge in [0.25, 0.3) is 0 Å². The summed E-state index contributed by atoms with van der Waals surface area (Å²) in [5.41, 5.74) is 3.70. The number of hydrogen-bond donors (Lipinski definition) is 1. The van der Waals surface area contributed by atoms with E-state index in [1.165, 1.54) is 0 Å². The van der Waals surface area contributed by atoms with Crippen LogP contribution < -0.4 is 10.4 Å². The summed E-state index contributed by atoms with van der Waals surface area (Å²) in [7, 11) is 0. The Morgan fingerprint density at radius 2 is 2.05 bits per heavy atom. The number of halogens is 3. The fourth-order valence-electron chi connectivity index (χ4n) is 1.93. The van der Waals surface area contributed by atoms with E-state index in [0.29, 0.717) is 18.8 Å². The van der Waals surface area contributed by atoms with Gasteiger partial charge in [0.05, 0.1) is 19.8 Å². The van der Waals surface area contributed by atoms with Crippen molar-refractivity contribution >= 4 is 11.7 Å². The molecule has 1 aromatic carbocycles. The largest absolute Gasteiger partial charge is 0.492 e. The topological polar surface area (TPSA) is 50.8 Å². The van der Waals surface area contributed by atoms with Crippen LogP contribution in [0, 0.1) is 0 Å². The number of rotatable bonds is 4. The zero-order chi connectivity index (χ0) is 15.3. The van der Waals surface area contributed by atoms with Crippen molar-refractivity contribution in [1.29, 1.82) is 0 Å². The van der Waals surface area contributed by atoms with Gasteiger partial charge in [-0.2, -0.15) is 13.2 Å². The minimum absolute atomic E-state index is 0. The van der Waals surface area contributed by atoms with Gasteiger partial charge in [-0.05, 0) is 17.7 Å². The smallest absolute Gasteiger partial charge is 0.378 e. The molecule has 0 atom stereocenters. The van der Waals surface area contributed by atoms with Crippen molar-refractivity contribution in [3.8, 4) is 0 Å². The van der Waals surface area contributed by atoms with E-state index in [1.807, 2.05) is 17.6 Å². The number of carbonyl (C=O) groups is 1. The molecule has 2 rings (SSSR count). The molecule has 0 unspecified atom stereocenters. The summed E-state index contributed by atoms with van der Waals surface area (Å²) in [6.07, 6.45) is -5.00. The third-order valence-corrected chi connectivity index (χ3v) is 2.96. The van der Waals surface area contributed by atoms with E-state index >= 15 is 0 Å². The summed E-state index contributed by atoms with van der Waals surface area (Å²) in [6.45, 7) is 2.82. The Labute approximate surface area is 119 Å². The minimum atomic E-state index is -5.00. The molecule has 1 aromatic rings. The van der Waals surface area contributed by atoms with Crippen LogP contribution in [0.15, 0.2) is 24.3 Å². The lowest BCUT2D eigenvalue weighted by atomic mass is 10.2. The molecule has 1 aliphatic heterocycles. The summed E-state index contributed by atoms with van der Waals surface area (Å²) in [6, 6.07) is 7.28. The average Bonchev–Trinajstić information content (AvgIpc) is 2.47. The molecule has 0 saturated carbocycles. The second-order valence-corrected chi connectivity index (χ2v) is 4.48. The van der Waals surface area contributed by atoms with Gasteiger partial charge in [0.1, 0.15) is 0 Å². The molecule has 1 saturated heterocycles.